The first-order valence-corrected chi connectivity index (χ1v) is 3.54. The standard InChI is InChI=1S/C7H11N3O/c1-3-8-7(11)6-4-5(2)9-10-6/h4H,3H2,1-2H3,(H,8,11)(H,9,10). The molecule has 0 spiro atoms. The summed E-state index contributed by atoms with van der Waals surface area (Å²) in [6.45, 7) is 4.36. The molecule has 0 saturated carbocycles. The lowest BCUT2D eigenvalue weighted by atomic mass is 10.3. The summed E-state index contributed by atoms with van der Waals surface area (Å²) < 4.78 is 0. The zero-order chi connectivity index (χ0) is 8.27. The first-order valence-electron chi connectivity index (χ1n) is 3.54. The maximum atomic E-state index is 11.1. The number of rotatable bonds is 2. The van der Waals surface area contributed by atoms with Crippen LogP contribution in [0.4, 0.5) is 0 Å². The molecule has 1 heterocycles. The number of aryl methyl sites for hydroxylation is 1. The van der Waals surface area contributed by atoms with Crippen LogP contribution in [0.1, 0.15) is 23.1 Å². The molecule has 0 bridgehead atoms. The van der Waals surface area contributed by atoms with Crippen molar-refractivity contribution in [2.75, 3.05) is 6.54 Å². The summed E-state index contributed by atoms with van der Waals surface area (Å²) >= 11 is 0. The van der Waals surface area contributed by atoms with Gasteiger partial charge < -0.3 is 5.32 Å². The van der Waals surface area contributed by atoms with Crippen LogP contribution < -0.4 is 5.32 Å². The van der Waals surface area contributed by atoms with Crippen molar-refractivity contribution in [3.63, 3.8) is 0 Å². The van der Waals surface area contributed by atoms with Gasteiger partial charge in [0.15, 0.2) is 0 Å². The molecule has 0 radical (unpaired) electrons. The minimum absolute atomic E-state index is 0.128. The Balaban J connectivity index is 2.69. The van der Waals surface area contributed by atoms with Crippen LogP contribution >= 0.6 is 0 Å². The van der Waals surface area contributed by atoms with E-state index in [4.69, 9.17) is 0 Å². The van der Waals surface area contributed by atoms with E-state index in [0.29, 0.717) is 12.2 Å². The fourth-order valence-electron chi connectivity index (χ4n) is 0.785. The molecule has 60 valence electrons. The predicted molar refractivity (Wildman–Crippen MR) is 41.3 cm³/mol. The van der Waals surface area contributed by atoms with Crippen molar-refractivity contribution in [1.29, 1.82) is 0 Å². The molecule has 0 fully saturated rings. The average molecular weight is 153 g/mol. The molecular formula is C7H11N3O. The van der Waals surface area contributed by atoms with Gasteiger partial charge in [-0.05, 0) is 19.9 Å². The lowest BCUT2D eigenvalue weighted by Gasteiger charge is -1.94. The molecule has 0 aromatic carbocycles. The largest absolute Gasteiger partial charge is 0.351 e. The summed E-state index contributed by atoms with van der Waals surface area (Å²) in [4.78, 5) is 11.1. The molecule has 4 heteroatoms. The monoisotopic (exact) mass is 153 g/mol. The molecule has 0 aliphatic heterocycles. The SMILES string of the molecule is CCNC(=O)c1cc(C)[nH]n1. The summed E-state index contributed by atoms with van der Waals surface area (Å²) in [5.41, 5.74) is 1.34. The lowest BCUT2D eigenvalue weighted by molar-refractivity contribution is 0.0951. The molecule has 1 amide bonds. The molecule has 1 aromatic heterocycles. The normalized spacial score (nSPS) is 9.64. The number of hydrogen-bond acceptors (Lipinski definition) is 2. The fourth-order valence-corrected chi connectivity index (χ4v) is 0.785. The van der Waals surface area contributed by atoms with E-state index in [1.54, 1.807) is 6.07 Å². The molecular weight excluding hydrogens is 142 g/mol. The third kappa shape index (κ3) is 1.80. The molecule has 11 heavy (non-hydrogen) atoms. The summed E-state index contributed by atoms with van der Waals surface area (Å²) in [5, 5.41) is 9.15. The quantitative estimate of drug-likeness (QED) is 0.648. The van der Waals surface area contributed by atoms with Gasteiger partial charge in [-0.3, -0.25) is 9.89 Å². The molecule has 1 aromatic rings. The topological polar surface area (TPSA) is 57.8 Å². The first kappa shape index (κ1) is 7.78. The summed E-state index contributed by atoms with van der Waals surface area (Å²) in [5.74, 6) is -0.128. The minimum atomic E-state index is -0.128. The van der Waals surface area contributed by atoms with Gasteiger partial charge in [0.1, 0.15) is 5.69 Å². The molecule has 0 aliphatic rings. The average Bonchev–Trinajstić information content (AvgIpc) is 2.36. The van der Waals surface area contributed by atoms with Gasteiger partial charge in [0.25, 0.3) is 5.91 Å². The Morgan fingerprint density at radius 3 is 3.00 bits per heavy atom. The fraction of sp³-hybridized carbons (Fsp3) is 0.429. The minimum Gasteiger partial charge on any atom is -0.351 e. The Hall–Kier alpha value is -1.32. The van der Waals surface area contributed by atoms with E-state index in [9.17, 15) is 4.79 Å². The summed E-state index contributed by atoms with van der Waals surface area (Å²) in [6.07, 6.45) is 0. The van der Waals surface area contributed by atoms with E-state index >= 15 is 0 Å². The Morgan fingerprint density at radius 1 is 1.82 bits per heavy atom. The van der Waals surface area contributed by atoms with E-state index in [1.165, 1.54) is 0 Å². The van der Waals surface area contributed by atoms with Crippen LogP contribution in [-0.2, 0) is 0 Å². The molecule has 0 aliphatic carbocycles. The highest BCUT2D eigenvalue weighted by atomic mass is 16.1. The van der Waals surface area contributed by atoms with Crippen LogP contribution in [0.3, 0.4) is 0 Å². The van der Waals surface area contributed by atoms with E-state index in [2.05, 4.69) is 15.5 Å². The number of carbonyl (C=O) groups is 1. The second kappa shape index (κ2) is 3.18. The smallest absolute Gasteiger partial charge is 0.271 e. The van der Waals surface area contributed by atoms with Crippen molar-refractivity contribution < 1.29 is 4.79 Å². The number of hydrogen-bond donors (Lipinski definition) is 2. The molecule has 4 nitrogen and oxygen atoms in total. The Bertz CT molecular complexity index is 254. The number of amides is 1. The summed E-state index contributed by atoms with van der Waals surface area (Å²) in [7, 11) is 0. The van der Waals surface area contributed by atoms with Crippen molar-refractivity contribution in [2.45, 2.75) is 13.8 Å². The van der Waals surface area contributed by atoms with Gasteiger partial charge in [-0.1, -0.05) is 0 Å². The number of carbonyl (C=O) groups excluding carboxylic acids is 1. The van der Waals surface area contributed by atoms with Crippen LogP contribution in [-0.4, -0.2) is 22.6 Å². The highest BCUT2D eigenvalue weighted by Gasteiger charge is 2.05. The molecule has 1 rings (SSSR count). The van der Waals surface area contributed by atoms with Crippen LogP contribution in [0.2, 0.25) is 0 Å². The zero-order valence-electron chi connectivity index (χ0n) is 6.64. The van der Waals surface area contributed by atoms with Gasteiger partial charge in [0.2, 0.25) is 0 Å². The predicted octanol–water partition coefficient (Wildman–Crippen LogP) is 0.468. The first-order chi connectivity index (χ1) is 5.24. The van der Waals surface area contributed by atoms with Crippen molar-refractivity contribution >= 4 is 5.91 Å². The van der Waals surface area contributed by atoms with Gasteiger partial charge in [-0.25, -0.2) is 0 Å². The molecule has 0 saturated heterocycles. The van der Waals surface area contributed by atoms with Gasteiger partial charge in [-0.2, -0.15) is 5.10 Å². The molecule has 0 unspecified atom stereocenters. The highest BCUT2D eigenvalue weighted by molar-refractivity contribution is 5.92. The van der Waals surface area contributed by atoms with Gasteiger partial charge >= 0.3 is 0 Å². The van der Waals surface area contributed by atoms with Crippen LogP contribution in [0, 0.1) is 6.92 Å². The number of nitrogens with zero attached hydrogens (tertiary/aromatic N) is 1. The van der Waals surface area contributed by atoms with Gasteiger partial charge in [-0.15, -0.1) is 0 Å². The maximum Gasteiger partial charge on any atom is 0.271 e. The van der Waals surface area contributed by atoms with Crippen molar-refractivity contribution in [3.8, 4) is 0 Å². The zero-order valence-corrected chi connectivity index (χ0v) is 6.64. The highest BCUT2D eigenvalue weighted by Crippen LogP contribution is 1.96. The second-order valence-electron chi connectivity index (χ2n) is 2.30. The third-order valence-electron chi connectivity index (χ3n) is 1.28. The van der Waals surface area contributed by atoms with E-state index in [0.717, 1.165) is 5.69 Å². The van der Waals surface area contributed by atoms with E-state index in [-0.39, 0.29) is 5.91 Å². The maximum absolute atomic E-state index is 11.1. The van der Waals surface area contributed by atoms with Crippen molar-refractivity contribution in [3.05, 3.63) is 17.5 Å². The Morgan fingerprint density at radius 2 is 2.55 bits per heavy atom. The van der Waals surface area contributed by atoms with Crippen LogP contribution in [0.25, 0.3) is 0 Å². The van der Waals surface area contributed by atoms with Crippen LogP contribution in [0.5, 0.6) is 0 Å². The van der Waals surface area contributed by atoms with Crippen molar-refractivity contribution in [1.82, 2.24) is 15.5 Å². The number of aromatic nitrogens is 2. The molecule has 2 N–H and O–H groups in total. The van der Waals surface area contributed by atoms with Gasteiger partial charge in [0, 0.05) is 12.2 Å². The van der Waals surface area contributed by atoms with Crippen molar-refractivity contribution in [2.24, 2.45) is 0 Å². The van der Waals surface area contributed by atoms with E-state index in [1.807, 2.05) is 13.8 Å². The van der Waals surface area contributed by atoms with Gasteiger partial charge in [0.05, 0.1) is 0 Å². The second-order valence-corrected chi connectivity index (χ2v) is 2.30. The molecule has 0 atom stereocenters. The van der Waals surface area contributed by atoms with Crippen LogP contribution in [0.15, 0.2) is 6.07 Å². The number of nitrogens with one attached hydrogen (secondary N) is 2. The number of H-pyrrole nitrogens is 1. The Kier molecular flexibility index (Phi) is 2.25. The third-order valence-corrected chi connectivity index (χ3v) is 1.28. The summed E-state index contributed by atoms with van der Waals surface area (Å²) in [6, 6.07) is 1.71. The lowest BCUT2D eigenvalue weighted by Crippen LogP contribution is -2.22. The van der Waals surface area contributed by atoms with E-state index < -0.39 is 0 Å². The number of aromatic amines is 1. The Labute approximate surface area is 65.0 Å².